The maximum atomic E-state index is 15.0. The van der Waals surface area contributed by atoms with Gasteiger partial charge < -0.3 is 20.5 Å². The molecule has 1 unspecified atom stereocenters. The van der Waals surface area contributed by atoms with Crippen molar-refractivity contribution in [1.29, 1.82) is 0 Å². The summed E-state index contributed by atoms with van der Waals surface area (Å²) in [5, 5.41) is 6.68. The molecule has 1 spiro atoms. The van der Waals surface area contributed by atoms with E-state index in [1.165, 1.54) is 31.0 Å². The van der Waals surface area contributed by atoms with Gasteiger partial charge in [0.25, 0.3) is 0 Å². The van der Waals surface area contributed by atoms with E-state index in [4.69, 9.17) is 0 Å². The van der Waals surface area contributed by atoms with Gasteiger partial charge in [0.2, 0.25) is 11.9 Å². The van der Waals surface area contributed by atoms with Crippen LogP contribution in [-0.2, 0) is 14.6 Å². The second kappa shape index (κ2) is 11.5. The van der Waals surface area contributed by atoms with Crippen LogP contribution in [-0.4, -0.2) is 89.6 Å². The van der Waals surface area contributed by atoms with E-state index in [1.54, 1.807) is 18.6 Å². The standard InChI is InChI=1S/C31H37FN8O3S/c1-5-23(40-17-31(18-40)10-13-39(3)14-11-31)29(41)38-28-27-20(9-12-33-28)21(16-34-27)26-19(2)15-35-30(37-26)36-22-7-6-8-24(25(22)32)44(4,42)43/h6-9,12,15-16,23,34H,5,10-11,13-14,17-18H2,1-4H3,(H,33,38,41)(H,35,36,37). The van der Waals surface area contributed by atoms with E-state index >= 15 is 0 Å². The van der Waals surface area contributed by atoms with Crippen molar-refractivity contribution in [2.45, 2.75) is 44.0 Å². The second-order valence-corrected chi connectivity index (χ2v) is 14.1. The molecule has 3 aromatic heterocycles. The van der Waals surface area contributed by atoms with Gasteiger partial charge in [0, 0.05) is 48.9 Å². The van der Waals surface area contributed by atoms with Gasteiger partial charge in [-0.05, 0) is 75.5 Å². The van der Waals surface area contributed by atoms with Crippen LogP contribution in [0.5, 0.6) is 0 Å². The molecule has 1 amide bonds. The molecule has 11 nitrogen and oxygen atoms in total. The van der Waals surface area contributed by atoms with Crippen molar-refractivity contribution in [2.24, 2.45) is 5.41 Å². The summed E-state index contributed by atoms with van der Waals surface area (Å²) in [6.45, 7) is 8.01. The largest absolute Gasteiger partial charge is 0.357 e. The van der Waals surface area contributed by atoms with Gasteiger partial charge >= 0.3 is 0 Å². The van der Waals surface area contributed by atoms with E-state index in [2.05, 4.69) is 47.4 Å². The predicted molar refractivity (Wildman–Crippen MR) is 168 cm³/mol. The number of sulfone groups is 1. The van der Waals surface area contributed by atoms with Gasteiger partial charge in [0.05, 0.1) is 22.9 Å². The van der Waals surface area contributed by atoms with E-state index in [1.807, 2.05) is 19.9 Å². The number of carbonyl (C=O) groups excluding carboxylic acids is 1. The Bertz CT molecular complexity index is 1830. The molecule has 3 N–H and O–H groups in total. The number of nitrogens with one attached hydrogen (secondary N) is 3. The Labute approximate surface area is 256 Å². The van der Waals surface area contributed by atoms with Crippen molar-refractivity contribution in [3.63, 3.8) is 0 Å². The molecule has 5 heterocycles. The lowest BCUT2D eigenvalue weighted by Gasteiger charge is -2.55. The lowest BCUT2D eigenvalue weighted by atomic mass is 9.71. The average Bonchev–Trinajstić information content (AvgIpc) is 3.40. The molecule has 0 radical (unpaired) electrons. The number of hydrogen-bond acceptors (Lipinski definition) is 9. The quantitative estimate of drug-likeness (QED) is 0.263. The first kappa shape index (κ1) is 30.1. The third kappa shape index (κ3) is 5.66. The second-order valence-electron chi connectivity index (χ2n) is 12.1. The molecular formula is C31H37FN8O3S. The zero-order valence-corrected chi connectivity index (χ0v) is 26.1. The molecule has 232 valence electrons. The Hall–Kier alpha value is -3.94. The monoisotopic (exact) mass is 620 g/mol. The van der Waals surface area contributed by atoms with Crippen LogP contribution in [0.3, 0.4) is 0 Å². The number of hydrogen-bond donors (Lipinski definition) is 3. The Morgan fingerprint density at radius 2 is 1.93 bits per heavy atom. The van der Waals surface area contributed by atoms with Gasteiger partial charge in [-0.1, -0.05) is 13.0 Å². The molecule has 0 aliphatic carbocycles. The highest BCUT2D eigenvalue weighted by Crippen LogP contribution is 2.42. The van der Waals surface area contributed by atoms with Crippen LogP contribution in [0.2, 0.25) is 0 Å². The number of aromatic amines is 1. The number of rotatable bonds is 8. The van der Waals surface area contributed by atoms with Gasteiger partial charge in [-0.2, -0.15) is 0 Å². The SMILES string of the molecule is CCC(C(=O)Nc1nccc2c(-c3nc(Nc4cccc(S(C)(=O)=O)c4F)ncc3C)c[nH]c12)N1CC2(CCN(C)CC2)C1. The lowest BCUT2D eigenvalue weighted by molar-refractivity contribution is -0.130. The Kier molecular flexibility index (Phi) is 7.89. The van der Waals surface area contributed by atoms with Gasteiger partial charge in [-0.25, -0.2) is 27.8 Å². The van der Waals surface area contributed by atoms with Crippen LogP contribution in [0.15, 0.2) is 47.8 Å². The number of H-pyrrole nitrogens is 1. The molecule has 2 aliphatic heterocycles. The molecular weight excluding hydrogens is 583 g/mol. The van der Waals surface area contributed by atoms with E-state index in [9.17, 15) is 17.6 Å². The number of anilines is 3. The van der Waals surface area contributed by atoms with Crippen molar-refractivity contribution < 1.29 is 17.6 Å². The number of likely N-dealkylation sites (tertiary alicyclic amines) is 2. The van der Waals surface area contributed by atoms with Crippen molar-refractivity contribution in [2.75, 3.05) is 50.1 Å². The fraction of sp³-hybridized carbons (Fsp3) is 0.419. The average molecular weight is 621 g/mol. The lowest BCUT2D eigenvalue weighted by Crippen LogP contribution is -2.64. The number of aryl methyl sites for hydroxylation is 1. The highest BCUT2D eigenvalue weighted by Gasteiger charge is 2.47. The normalized spacial score (nSPS) is 17.8. The summed E-state index contributed by atoms with van der Waals surface area (Å²) < 4.78 is 38.9. The first-order chi connectivity index (χ1) is 21.0. The van der Waals surface area contributed by atoms with Crippen molar-refractivity contribution in [3.05, 3.63) is 54.2 Å². The van der Waals surface area contributed by atoms with E-state index in [0.717, 1.165) is 48.9 Å². The molecule has 2 fully saturated rings. The minimum absolute atomic E-state index is 0.0507. The fourth-order valence-corrected chi connectivity index (χ4v) is 7.15. The van der Waals surface area contributed by atoms with Gasteiger partial charge in [0.15, 0.2) is 21.5 Å². The summed E-state index contributed by atoms with van der Waals surface area (Å²) in [5.41, 5.74) is 3.07. The minimum Gasteiger partial charge on any atom is -0.357 e. The van der Waals surface area contributed by atoms with Crippen LogP contribution in [0.25, 0.3) is 22.2 Å². The number of benzene rings is 1. The van der Waals surface area contributed by atoms with Crippen LogP contribution >= 0.6 is 0 Å². The molecule has 44 heavy (non-hydrogen) atoms. The molecule has 0 saturated carbocycles. The summed E-state index contributed by atoms with van der Waals surface area (Å²) in [6, 6.07) is 5.71. The molecule has 13 heteroatoms. The number of aromatic nitrogens is 4. The Morgan fingerprint density at radius 3 is 2.64 bits per heavy atom. The van der Waals surface area contributed by atoms with Gasteiger partial charge in [0.1, 0.15) is 4.90 Å². The topological polar surface area (TPSA) is 136 Å². The van der Waals surface area contributed by atoms with E-state index in [0.29, 0.717) is 28.9 Å². The van der Waals surface area contributed by atoms with Crippen molar-refractivity contribution in [3.8, 4) is 11.3 Å². The highest BCUT2D eigenvalue weighted by molar-refractivity contribution is 7.90. The third-order valence-electron chi connectivity index (χ3n) is 8.93. The maximum Gasteiger partial charge on any atom is 0.242 e. The molecule has 1 atom stereocenters. The van der Waals surface area contributed by atoms with E-state index < -0.39 is 20.5 Å². The third-order valence-corrected chi connectivity index (χ3v) is 10.0. The predicted octanol–water partition coefficient (Wildman–Crippen LogP) is 4.36. The highest BCUT2D eigenvalue weighted by atomic mass is 32.2. The van der Waals surface area contributed by atoms with Crippen LogP contribution < -0.4 is 10.6 Å². The zero-order chi connectivity index (χ0) is 31.2. The van der Waals surface area contributed by atoms with Crippen LogP contribution in [0.1, 0.15) is 31.7 Å². The molecule has 2 saturated heterocycles. The number of nitrogens with zero attached hydrogens (tertiary/aromatic N) is 5. The fourth-order valence-electron chi connectivity index (χ4n) is 6.39. The van der Waals surface area contributed by atoms with Crippen molar-refractivity contribution >= 4 is 44.1 Å². The van der Waals surface area contributed by atoms with Gasteiger partial charge in [-0.15, -0.1) is 0 Å². The van der Waals surface area contributed by atoms with Crippen LogP contribution in [0.4, 0.5) is 21.8 Å². The summed E-state index contributed by atoms with van der Waals surface area (Å²) in [4.78, 5) is 34.4. The molecule has 2 aliphatic rings. The zero-order valence-electron chi connectivity index (χ0n) is 25.3. The Balaban J connectivity index is 1.22. The maximum absolute atomic E-state index is 15.0. The summed E-state index contributed by atoms with van der Waals surface area (Å²) in [7, 11) is -1.59. The minimum atomic E-state index is -3.75. The Morgan fingerprint density at radius 1 is 1.18 bits per heavy atom. The number of halogens is 1. The van der Waals surface area contributed by atoms with Crippen molar-refractivity contribution in [1.82, 2.24) is 29.7 Å². The number of fused-ring (bicyclic) bond motifs is 1. The number of carbonyl (C=O) groups is 1. The van der Waals surface area contributed by atoms with E-state index in [-0.39, 0.29) is 23.6 Å². The first-order valence-corrected chi connectivity index (χ1v) is 16.7. The summed E-state index contributed by atoms with van der Waals surface area (Å²) in [5.74, 6) is -0.426. The van der Waals surface area contributed by atoms with Crippen LogP contribution in [0, 0.1) is 18.2 Å². The molecule has 0 bridgehead atoms. The molecule has 1 aromatic carbocycles. The number of pyridine rings is 1. The summed E-state index contributed by atoms with van der Waals surface area (Å²) >= 11 is 0. The molecule has 4 aromatic rings. The molecule has 6 rings (SSSR count). The first-order valence-electron chi connectivity index (χ1n) is 14.8. The van der Waals surface area contributed by atoms with Gasteiger partial charge in [-0.3, -0.25) is 9.69 Å². The number of amides is 1. The number of piperidine rings is 1. The summed E-state index contributed by atoms with van der Waals surface area (Å²) in [6.07, 6.45) is 9.06. The smallest absolute Gasteiger partial charge is 0.242 e.